The fraction of sp³-hybridized carbons (Fsp3) is 1.00. The molecule has 1 N–H and O–H groups in total. The number of rotatable bonds is 4. The monoisotopic (exact) mass is 119 g/mol. The van der Waals surface area contributed by atoms with Gasteiger partial charge in [0.1, 0.15) is 0 Å². The van der Waals surface area contributed by atoms with Crippen molar-refractivity contribution in [3.8, 4) is 0 Å². The van der Waals surface area contributed by atoms with Gasteiger partial charge in [-0.25, -0.2) is 0 Å². The first-order valence-corrected chi connectivity index (χ1v) is 2.67. The first kappa shape index (κ1) is 7.88. The highest BCUT2D eigenvalue weighted by Gasteiger charge is 1.90. The molecule has 0 aromatic rings. The summed E-state index contributed by atoms with van der Waals surface area (Å²) in [7, 11) is 1.51. The molecule has 0 atom stereocenters. The Kier molecular flexibility index (Phi) is 4.95. The minimum Gasteiger partial charge on any atom is -0.280 e. The van der Waals surface area contributed by atoms with Crippen LogP contribution in [-0.4, -0.2) is 13.7 Å². The zero-order valence-electron chi connectivity index (χ0n) is 5.60. The van der Waals surface area contributed by atoms with Gasteiger partial charge in [-0.15, -0.1) is 0 Å². The summed E-state index contributed by atoms with van der Waals surface area (Å²) in [6.45, 7) is 4.81. The molecule has 50 valence electrons. The number of hydrogen-bond acceptors (Lipinski definition) is 3. The van der Waals surface area contributed by atoms with E-state index in [1.165, 1.54) is 7.11 Å². The van der Waals surface area contributed by atoms with Crippen molar-refractivity contribution in [2.24, 2.45) is 5.92 Å². The van der Waals surface area contributed by atoms with Crippen LogP contribution in [0.5, 0.6) is 0 Å². The van der Waals surface area contributed by atoms with Gasteiger partial charge in [0.25, 0.3) is 0 Å². The standard InChI is InChI=1S/C5H13NO2/c1-5(2)4-8-6-7-3/h5-6H,4H2,1-3H3. The third-order valence-corrected chi connectivity index (χ3v) is 0.559. The summed E-state index contributed by atoms with van der Waals surface area (Å²) in [6.07, 6.45) is 0. The molecule has 0 aliphatic heterocycles. The van der Waals surface area contributed by atoms with E-state index in [9.17, 15) is 0 Å². The molecule has 0 aliphatic carbocycles. The van der Waals surface area contributed by atoms with Gasteiger partial charge in [0.2, 0.25) is 0 Å². The molecule has 0 aliphatic rings. The molecule has 8 heavy (non-hydrogen) atoms. The average Bonchev–Trinajstić information content (AvgIpc) is 1.66. The molecule has 0 amide bonds. The molecule has 0 heterocycles. The van der Waals surface area contributed by atoms with E-state index in [1.807, 2.05) is 0 Å². The Morgan fingerprint density at radius 2 is 2.12 bits per heavy atom. The topological polar surface area (TPSA) is 30.5 Å². The second kappa shape index (κ2) is 5.03. The first-order chi connectivity index (χ1) is 3.77. The second-order valence-electron chi connectivity index (χ2n) is 1.99. The lowest BCUT2D eigenvalue weighted by molar-refractivity contribution is -0.157. The molecule has 0 bridgehead atoms. The van der Waals surface area contributed by atoms with Gasteiger partial charge in [-0.05, 0) is 5.92 Å². The van der Waals surface area contributed by atoms with E-state index in [4.69, 9.17) is 4.84 Å². The van der Waals surface area contributed by atoms with Crippen LogP contribution < -0.4 is 5.64 Å². The van der Waals surface area contributed by atoms with E-state index in [1.54, 1.807) is 0 Å². The Labute approximate surface area is 49.9 Å². The van der Waals surface area contributed by atoms with E-state index in [0.29, 0.717) is 12.5 Å². The molecule has 0 saturated heterocycles. The Morgan fingerprint density at radius 3 is 2.50 bits per heavy atom. The van der Waals surface area contributed by atoms with Crippen LogP contribution in [0.1, 0.15) is 13.8 Å². The number of hydrogen-bond donors (Lipinski definition) is 1. The van der Waals surface area contributed by atoms with Gasteiger partial charge < -0.3 is 0 Å². The predicted molar refractivity (Wildman–Crippen MR) is 30.9 cm³/mol. The summed E-state index contributed by atoms with van der Waals surface area (Å²) in [5.41, 5.74) is 2.28. The molecule has 0 aromatic heterocycles. The molecular weight excluding hydrogens is 106 g/mol. The molecule has 0 unspecified atom stereocenters. The van der Waals surface area contributed by atoms with Crippen molar-refractivity contribution in [3.63, 3.8) is 0 Å². The molecule has 3 heteroatoms. The van der Waals surface area contributed by atoms with Gasteiger partial charge in [0.05, 0.1) is 13.7 Å². The molecule has 0 fully saturated rings. The minimum atomic E-state index is 0.539. The van der Waals surface area contributed by atoms with E-state index < -0.39 is 0 Å². The fourth-order valence-electron chi connectivity index (χ4n) is 0.260. The third kappa shape index (κ3) is 5.88. The Bertz CT molecular complexity index is 47.7. The Balaban J connectivity index is 2.72. The van der Waals surface area contributed by atoms with Gasteiger partial charge in [0, 0.05) is 0 Å². The normalized spacial score (nSPS) is 10.5. The maximum absolute atomic E-state index is 4.77. The largest absolute Gasteiger partial charge is 0.280 e. The molecule has 0 aromatic carbocycles. The summed E-state index contributed by atoms with van der Waals surface area (Å²) in [4.78, 5) is 9.19. The van der Waals surface area contributed by atoms with Crippen molar-refractivity contribution >= 4 is 0 Å². The highest BCUT2D eigenvalue weighted by atomic mass is 16.9. The van der Waals surface area contributed by atoms with E-state index in [-0.39, 0.29) is 0 Å². The highest BCUT2D eigenvalue weighted by molar-refractivity contribution is 4.34. The first-order valence-electron chi connectivity index (χ1n) is 2.67. The van der Waals surface area contributed by atoms with Gasteiger partial charge >= 0.3 is 0 Å². The molecule has 0 rings (SSSR count). The van der Waals surface area contributed by atoms with Crippen LogP contribution in [-0.2, 0) is 9.68 Å². The lowest BCUT2D eigenvalue weighted by atomic mass is 10.2. The van der Waals surface area contributed by atoms with Gasteiger partial charge in [0.15, 0.2) is 0 Å². The average molecular weight is 119 g/mol. The number of nitrogens with one attached hydrogen (secondary N) is 1. The van der Waals surface area contributed by atoms with Crippen LogP contribution in [0.2, 0.25) is 0 Å². The van der Waals surface area contributed by atoms with Crippen LogP contribution in [0.4, 0.5) is 0 Å². The van der Waals surface area contributed by atoms with Crippen LogP contribution in [0.15, 0.2) is 0 Å². The quantitative estimate of drug-likeness (QED) is 0.437. The Morgan fingerprint density at radius 1 is 1.50 bits per heavy atom. The molecule has 0 saturated carbocycles. The lowest BCUT2D eigenvalue weighted by Crippen LogP contribution is -2.15. The smallest absolute Gasteiger partial charge is 0.0732 e. The van der Waals surface area contributed by atoms with Gasteiger partial charge in [-0.3, -0.25) is 9.68 Å². The van der Waals surface area contributed by atoms with E-state index in [0.717, 1.165) is 0 Å². The van der Waals surface area contributed by atoms with Crippen LogP contribution in [0.25, 0.3) is 0 Å². The van der Waals surface area contributed by atoms with Crippen LogP contribution in [0.3, 0.4) is 0 Å². The summed E-state index contributed by atoms with van der Waals surface area (Å²) < 4.78 is 0. The highest BCUT2D eigenvalue weighted by Crippen LogP contribution is 1.88. The Hall–Kier alpha value is -0.120. The maximum atomic E-state index is 4.77. The molecular formula is C5H13NO2. The van der Waals surface area contributed by atoms with Crippen molar-refractivity contribution in [3.05, 3.63) is 0 Å². The minimum absolute atomic E-state index is 0.539. The molecule has 0 spiro atoms. The zero-order valence-corrected chi connectivity index (χ0v) is 5.60. The summed E-state index contributed by atoms with van der Waals surface area (Å²) in [5.74, 6) is 0.539. The zero-order chi connectivity index (χ0) is 6.41. The maximum Gasteiger partial charge on any atom is 0.0732 e. The van der Waals surface area contributed by atoms with Crippen molar-refractivity contribution in [2.75, 3.05) is 13.7 Å². The summed E-state index contributed by atoms with van der Waals surface area (Å²) in [6, 6.07) is 0. The third-order valence-electron chi connectivity index (χ3n) is 0.559. The van der Waals surface area contributed by atoms with E-state index in [2.05, 4.69) is 24.3 Å². The van der Waals surface area contributed by atoms with Gasteiger partial charge in [-0.2, -0.15) is 0 Å². The van der Waals surface area contributed by atoms with Crippen molar-refractivity contribution in [1.29, 1.82) is 0 Å². The predicted octanol–water partition coefficient (Wildman–Crippen LogP) is 0.725. The van der Waals surface area contributed by atoms with Gasteiger partial charge in [-0.1, -0.05) is 19.5 Å². The van der Waals surface area contributed by atoms with E-state index >= 15 is 0 Å². The molecule has 3 nitrogen and oxygen atoms in total. The fourth-order valence-corrected chi connectivity index (χ4v) is 0.260. The second-order valence-corrected chi connectivity index (χ2v) is 1.99. The van der Waals surface area contributed by atoms with Crippen LogP contribution in [0, 0.1) is 5.92 Å². The van der Waals surface area contributed by atoms with Crippen molar-refractivity contribution in [1.82, 2.24) is 5.64 Å². The summed E-state index contributed by atoms with van der Waals surface area (Å²) >= 11 is 0. The van der Waals surface area contributed by atoms with Crippen molar-refractivity contribution in [2.45, 2.75) is 13.8 Å². The SMILES string of the molecule is CONOCC(C)C. The molecule has 0 radical (unpaired) electrons. The van der Waals surface area contributed by atoms with Crippen molar-refractivity contribution < 1.29 is 9.68 Å². The van der Waals surface area contributed by atoms with Crippen LogP contribution >= 0.6 is 0 Å². The lowest BCUT2D eigenvalue weighted by Gasteiger charge is -2.03. The summed E-state index contributed by atoms with van der Waals surface area (Å²) in [5, 5.41) is 0.